The van der Waals surface area contributed by atoms with Crippen molar-refractivity contribution in [2.45, 2.75) is 29.7 Å². The fourth-order valence-corrected chi connectivity index (χ4v) is 5.34. The lowest BCUT2D eigenvalue weighted by molar-refractivity contribution is -0.123. The Morgan fingerprint density at radius 1 is 1.00 bits per heavy atom. The van der Waals surface area contributed by atoms with Gasteiger partial charge in [0.25, 0.3) is 0 Å². The third-order valence-electron chi connectivity index (χ3n) is 4.18. The molecule has 0 saturated heterocycles. The number of sulfonamides is 2. The van der Waals surface area contributed by atoms with Crippen LogP contribution in [0.25, 0.3) is 0 Å². The molecule has 12 heteroatoms. The highest BCUT2D eigenvalue weighted by atomic mass is 35.5. The van der Waals surface area contributed by atoms with Crippen molar-refractivity contribution in [3.63, 3.8) is 0 Å². The van der Waals surface area contributed by atoms with Crippen molar-refractivity contribution >= 4 is 37.6 Å². The summed E-state index contributed by atoms with van der Waals surface area (Å²) in [6.07, 6.45) is 0. The Labute approximate surface area is 186 Å². The molecule has 31 heavy (non-hydrogen) atoms. The van der Waals surface area contributed by atoms with E-state index in [1.165, 1.54) is 36.4 Å². The molecule has 8 nitrogen and oxygen atoms in total. The molecule has 0 aliphatic heterocycles. The minimum absolute atomic E-state index is 0.0240. The standard InChI is InChI=1S/C19H23ClFN3O5S2/c1-13(2)18(24-31(28,29)17-9-4-3-8-16(17)21)19(25)22-10-11-23-30(26,27)15-7-5-6-14(20)12-15/h3-9,12-13,18,23-24H,10-11H2,1-2H3,(H,22,25)/t18-/m0/s1. The van der Waals surface area contributed by atoms with Gasteiger partial charge in [0.2, 0.25) is 26.0 Å². The van der Waals surface area contributed by atoms with Crippen LogP contribution in [-0.2, 0) is 24.8 Å². The summed E-state index contributed by atoms with van der Waals surface area (Å²) in [5.41, 5.74) is 0. The monoisotopic (exact) mass is 491 g/mol. The van der Waals surface area contributed by atoms with Gasteiger partial charge in [0.15, 0.2) is 0 Å². The predicted octanol–water partition coefficient (Wildman–Crippen LogP) is 1.88. The van der Waals surface area contributed by atoms with E-state index in [0.717, 1.165) is 12.1 Å². The van der Waals surface area contributed by atoms with Crippen LogP contribution < -0.4 is 14.8 Å². The molecule has 0 aromatic heterocycles. The lowest BCUT2D eigenvalue weighted by Gasteiger charge is -2.22. The number of hydrogen-bond donors (Lipinski definition) is 3. The first kappa shape index (κ1) is 25.2. The number of amides is 1. The second-order valence-electron chi connectivity index (χ2n) is 6.92. The average molecular weight is 492 g/mol. The van der Waals surface area contributed by atoms with Gasteiger partial charge < -0.3 is 5.32 Å². The van der Waals surface area contributed by atoms with Crippen molar-refractivity contribution in [1.29, 1.82) is 0 Å². The molecule has 170 valence electrons. The van der Waals surface area contributed by atoms with Crippen LogP contribution in [0.3, 0.4) is 0 Å². The molecule has 0 heterocycles. The molecule has 0 aliphatic rings. The van der Waals surface area contributed by atoms with Crippen molar-refractivity contribution in [1.82, 2.24) is 14.8 Å². The van der Waals surface area contributed by atoms with Crippen LogP contribution in [0.2, 0.25) is 5.02 Å². The Kier molecular flexibility index (Phi) is 8.55. The smallest absolute Gasteiger partial charge is 0.244 e. The first-order valence-corrected chi connectivity index (χ1v) is 12.6. The van der Waals surface area contributed by atoms with Crippen LogP contribution in [0, 0.1) is 11.7 Å². The number of carbonyl (C=O) groups excluding carboxylic acids is 1. The summed E-state index contributed by atoms with van der Waals surface area (Å²) in [6.45, 7) is 3.01. The molecule has 2 rings (SSSR count). The largest absolute Gasteiger partial charge is 0.353 e. The highest BCUT2D eigenvalue weighted by Crippen LogP contribution is 2.16. The predicted molar refractivity (Wildman–Crippen MR) is 115 cm³/mol. The normalized spacial score (nSPS) is 13.2. The Hall–Kier alpha value is -2.05. The van der Waals surface area contributed by atoms with E-state index in [-0.39, 0.29) is 23.0 Å². The van der Waals surface area contributed by atoms with Gasteiger partial charge in [-0.3, -0.25) is 4.79 Å². The first-order valence-electron chi connectivity index (χ1n) is 9.24. The minimum atomic E-state index is -4.28. The Morgan fingerprint density at radius 2 is 1.68 bits per heavy atom. The zero-order chi connectivity index (χ0) is 23.2. The van der Waals surface area contributed by atoms with Gasteiger partial charge in [0.05, 0.1) is 4.90 Å². The van der Waals surface area contributed by atoms with E-state index in [1.807, 2.05) is 0 Å². The van der Waals surface area contributed by atoms with E-state index in [4.69, 9.17) is 11.6 Å². The SMILES string of the molecule is CC(C)[C@H](NS(=O)(=O)c1ccccc1F)C(=O)NCCNS(=O)(=O)c1cccc(Cl)c1. The summed E-state index contributed by atoms with van der Waals surface area (Å²) < 4.78 is 67.8. The summed E-state index contributed by atoms with van der Waals surface area (Å²) in [4.78, 5) is 11.9. The molecule has 1 amide bonds. The number of halogens is 2. The third kappa shape index (κ3) is 6.97. The van der Waals surface area contributed by atoms with Gasteiger partial charge in [0.1, 0.15) is 16.8 Å². The van der Waals surface area contributed by atoms with E-state index < -0.39 is 48.6 Å². The second kappa shape index (κ2) is 10.5. The van der Waals surface area contributed by atoms with Gasteiger partial charge in [-0.05, 0) is 36.2 Å². The summed E-state index contributed by atoms with van der Waals surface area (Å²) >= 11 is 5.80. The molecule has 2 aromatic rings. The van der Waals surface area contributed by atoms with E-state index in [2.05, 4.69) is 14.8 Å². The zero-order valence-corrected chi connectivity index (χ0v) is 19.2. The number of benzene rings is 2. The summed E-state index contributed by atoms with van der Waals surface area (Å²) in [5.74, 6) is -2.06. The fourth-order valence-electron chi connectivity index (χ4n) is 2.58. The van der Waals surface area contributed by atoms with Crippen LogP contribution >= 0.6 is 11.6 Å². The number of hydrogen-bond acceptors (Lipinski definition) is 5. The van der Waals surface area contributed by atoms with Gasteiger partial charge in [-0.25, -0.2) is 25.9 Å². The maximum Gasteiger partial charge on any atom is 0.244 e. The van der Waals surface area contributed by atoms with E-state index >= 15 is 0 Å². The molecular weight excluding hydrogens is 469 g/mol. The number of carbonyl (C=O) groups is 1. The first-order chi connectivity index (χ1) is 14.4. The molecule has 2 aromatic carbocycles. The average Bonchev–Trinajstić information content (AvgIpc) is 2.69. The molecule has 0 aliphatic carbocycles. The Balaban J connectivity index is 1.98. The molecule has 1 atom stereocenters. The molecule has 0 saturated carbocycles. The fraction of sp³-hybridized carbons (Fsp3) is 0.316. The van der Waals surface area contributed by atoms with Crippen LogP contribution in [0.4, 0.5) is 4.39 Å². The van der Waals surface area contributed by atoms with Crippen molar-refractivity contribution in [2.75, 3.05) is 13.1 Å². The van der Waals surface area contributed by atoms with E-state index in [1.54, 1.807) is 13.8 Å². The number of nitrogens with one attached hydrogen (secondary N) is 3. The lowest BCUT2D eigenvalue weighted by atomic mass is 10.1. The molecule has 0 unspecified atom stereocenters. The van der Waals surface area contributed by atoms with Crippen LogP contribution in [0.5, 0.6) is 0 Å². The maximum absolute atomic E-state index is 13.9. The van der Waals surface area contributed by atoms with Crippen molar-refractivity contribution in [3.8, 4) is 0 Å². The topological polar surface area (TPSA) is 121 Å². The Bertz CT molecular complexity index is 1140. The number of rotatable bonds is 10. The Morgan fingerprint density at radius 3 is 2.29 bits per heavy atom. The van der Waals surface area contributed by atoms with Crippen molar-refractivity contribution in [3.05, 3.63) is 59.4 Å². The highest BCUT2D eigenvalue weighted by Gasteiger charge is 2.29. The molecule has 3 N–H and O–H groups in total. The van der Waals surface area contributed by atoms with Gasteiger partial charge in [0, 0.05) is 18.1 Å². The van der Waals surface area contributed by atoms with Gasteiger partial charge >= 0.3 is 0 Å². The lowest BCUT2D eigenvalue weighted by Crippen LogP contribution is -2.50. The van der Waals surface area contributed by atoms with Gasteiger partial charge in [-0.15, -0.1) is 0 Å². The van der Waals surface area contributed by atoms with E-state index in [0.29, 0.717) is 0 Å². The summed E-state index contributed by atoms with van der Waals surface area (Å²) in [7, 11) is -8.11. The summed E-state index contributed by atoms with van der Waals surface area (Å²) in [6, 6.07) is 9.33. The molecular formula is C19H23ClFN3O5S2. The van der Waals surface area contributed by atoms with Crippen LogP contribution in [-0.4, -0.2) is 41.9 Å². The van der Waals surface area contributed by atoms with Crippen LogP contribution in [0.15, 0.2) is 58.3 Å². The van der Waals surface area contributed by atoms with Gasteiger partial charge in [-0.2, -0.15) is 4.72 Å². The van der Waals surface area contributed by atoms with E-state index in [9.17, 15) is 26.0 Å². The molecule has 0 fully saturated rings. The van der Waals surface area contributed by atoms with Crippen molar-refractivity contribution < 1.29 is 26.0 Å². The summed E-state index contributed by atoms with van der Waals surface area (Å²) in [5, 5.41) is 2.74. The highest BCUT2D eigenvalue weighted by molar-refractivity contribution is 7.89. The molecule has 0 spiro atoms. The zero-order valence-electron chi connectivity index (χ0n) is 16.8. The second-order valence-corrected chi connectivity index (χ2v) is 10.8. The van der Waals surface area contributed by atoms with Crippen molar-refractivity contribution in [2.24, 2.45) is 5.92 Å². The minimum Gasteiger partial charge on any atom is -0.353 e. The quantitative estimate of drug-likeness (QED) is 0.438. The van der Waals surface area contributed by atoms with Gasteiger partial charge in [-0.1, -0.05) is 43.6 Å². The third-order valence-corrected chi connectivity index (χ3v) is 7.35. The van der Waals surface area contributed by atoms with Crippen LogP contribution in [0.1, 0.15) is 13.8 Å². The molecule has 0 bridgehead atoms. The molecule has 0 radical (unpaired) electrons. The maximum atomic E-state index is 13.9.